The van der Waals surface area contributed by atoms with Crippen LogP contribution in [0.4, 0.5) is 16.0 Å². The van der Waals surface area contributed by atoms with E-state index in [0.717, 1.165) is 0 Å². The first-order chi connectivity index (χ1) is 11.7. The molecule has 122 valence electrons. The number of carbonyl (C=O) groups excluding carboxylic acids is 1. The van der Waals surface area contributed by atoms with Gasteiger partial charge in [-0.05, 0) is 30.7 Å². The van der Waals surface area contributed by atoms with Crippen molar-refractivity contribution in [2.24, 2.45) is 0 Å². The van der Waals surface area contributed by atoms with Crippen LogP contribution in [0.25, 0.3) is 5.65 Å². The average Bonchev–Trinajstić information content (AvgIpc) is 3.21. The molecule has 0 unspecified atom stereocenters. The van der Waals surface area contributed by atoms with Crippen LogP contribution in [0, 0.1) is 0 Å². The minimum absolute atomic E-state index is 0.300. The molecule has 24 heavy (non-hydrogen) atoms. The largest absolute Gasteiger partial charge is 0.352 e. The molecule has 3 aromatic heterocycles. The highest BCUT2D eigenvalue weighted by Crippen LogP contribution is 2.20. The van der Waals surface area contributed by atoms with Crippen LogP contribution >= 0.6 is 0 Å². The second-order valence-corrected chi connectivity index (χ2v) is 5.61. The number of pyridine rings is 1. The van der Waals surface area contributed by atoms with E-state index in [1.165, 1.54) is 10.7 Å². The van der Waals surface area contributed by atoms with Gasteiger partial charge in [-0.15, -0.1) is 5.10 Å². The average molecular weight is 326 g/mol. The highest BCUT2D eigenvalue weighted by Gasteiger charge is 2.24. The first-order valence-electron chi connectivity index (χ1n) is 7.67. The third kappa shape index (κ3) is 2.66. The third-order valence-corrected chi connectivity index (χ3v) is 3.94. The maximum absolute atomic E-state index is 13.4. The summed E-state index contributed by atoms with van der Waals surface area (Å²) in [5.74, 6) is 0.733. The van der Waals surface area contributed by atoms with Gasteiger partial charge in [-0.2, -0.15) is 0 Å². The number of amides is 1. The topological polar surface area (TPSA) is 75.4 Å². The first kappa shape index (κ1) is 14.6. The normalized spacial score (nSPS) is 17.4. The second-order valence-electron chi connectivity index (χ2n) is 5.61. The molecule has 1 atom stereocenters. The van der Waals surface area contributed by atoms with Gasteiger partial charge in [0.1, 0.15) is 17.8 Å². The SMILES string of the molecule is O=C(Nc1ccccn1)c1cnc2ccc(N3CC[C@H](F)C3)nn12. The standard InChI is InChI=1S/C16H15FN6O/c17-11-6-8-22(10-11)15-5-4-14-19-9-12(23(14)21-15)16(24)20-13-3-1-2-7-18-13/h1-5,7,9,11H,6,8,10H2,(H,18,20,24)/t11-/m0/s1. The van der Waals surface area contributed by atoms with Gasteiger partial charge in [0.15, 0.2) is 11.3 Å². The van der Waals surface area contributed by atoms with Crippen LogP contribution < -0.4 is 10.2 Å². The van der Waals surface area contributed by atoms with Gasteiger partial charge in [-0.25, -0.2) is 18.9 Å². The zero-order valence-electron chi connectivity index (χ0n) is 12.8. The lowest BCUT2D eigenvalue weighted by Gasteiger charge is -2.16. The first-order valence-corrected chi connectivity index (χ1v) is 7.67. The van der Waals surface area contributed by atoms with Crippen LogP contribution in [0.15, 0.2) is 42.7 Å². The summed E-state index contributed by atoms with van der Waals surface area (Å²) in [6.07, 6.45) is 2.72. The molecule has 0 bridgehead atoms. The lowest BCUT2D eigenvalue weighted by atomic mass is 10.3. The molecule has 0 aromatic carbocycles. The third-order valence-electron chi connectivity index (χ3n) is 3.94. The minimum Gasteiger partial charge on any atom is -0.352 e. The van der Waals surface area contributed by atoms with Crippen LogP contribution in [0.2, 0.25) is 0 Å². The molecule has 0 aliphatic carbocycles. The molecule has 3 aromatic rings. The van der Waals surface area contributed by atoms with Crippen molar-refractivity contribution in [2.45, 2.75) is 12.6 Å². The van der Waals surface area contributed by atoms with Crippen molar-refractivity contribution < 1.29 is 9.18 Å². The van der Waals surface area contributed by atoms with Crippen molar-refractivity contribution in [3.05, 3.63) is 48.4 Å². The Morgan fingerprint density at radius 1 is 1.25 bits per heavy atom. The van der Waals surface area contributed by atoms with E-state index in [0.29, 0.717) is 42.5 Å². The number of anilines is 2. The molecule has 0 radical (unpaired) electrons. The lowest BCUT2D eigenvalue weighted by Crippen LogP contribution is -2.23. The quantitative estimate of drug-likeness (QED) is 0.796. The fraction of sp³-hybridized carbons (Fsp3) is 0.250. The van der Waals surface area contributed by atoms with Gasteiger partial charge in [-0.1, -0.05) is 6.07 Å². The predicted octanol–water partition coefficient (Wildman–Crippen LogP) is 1.92. The van der Waals surface area contributed by atoms with Crippen molar-refractivity contribution in [2.75, 3.05) is 23.3 Å². The molecule has 1 saturated heterocycles. The number of fused-ring (bicyclic) bond motifs is 1. The van der Waals surface area contributed by atoms with Crippen LogP contribution in [0.1, 0.15) is 16.9 Å². The number of nitrogens with one attached hydrogen (secondary N) is 1. The fourth-order valence-electron chi connectivity index (χ4n) is 2.73. The van der Waals surface area contributed by atoms with E-state index in [4.69, 9.17) is 0 Å². The molecule has 8 heteroatoms. The Bertz CT molecular complexity index is 881. The van der Waals surface area contributed by atoms with Crippen molar-refractivity contribution in [1.82, 2.24) is 19.6 Å². The van der Waals surface area contributed by atoms with Crippen LogP contribution in [-0.4, -0.2) is 44.8 Å². The summed E-state index contributed by atoms with van der Waals surface area (Å²) in [4.78, 5) is 22.6. The number of aromatic nitrogens is 4. The Labute approximate surface area is 137 Å². The van der Waals surface area contributed by atoms with Gasteiger partial charge in [0.25, 0.3) is 5.91 Å². The predicted molar refractivity (Wildman–Crippen MR) is 86.9 cm³/mol. The van der Waals surface area contributed by atoms with Gasteiger partial charge in [0.05, 0.1) is 12.7 Å². The Hall–Kier alpha value is -3.03. The summed E-state index contributed by atoms with van der Waals surface area (Å²) in [5.41, 5.74) is 0.856. The van der Waals surface area contributed by atoms with Crippen molar-refractivity contribution in [3.8, 4) is 0 Å². The maximum Gasteiger partial charge on any atom is 0.277 e. The van der Waals surface area contributed by atoms with Gasteiger partial charge in [0, 0.05) is 12.7 Å². The Morgan fingerprint density at radius 3 is 2.92 bits per heavy atom. The number of alkyl halides is 1. The maximum atomic E-state index is 13.4. The number of halogens is 1. The van der Waals surface area contributed by atoms with Gasteiger partial charge < -0.3 is 10.2 Å². The molecular formula is C16H15FN6O. The van der Waals surface area contributed by atoms with Gasteiger partial charge in [-0.3, -0.25) is 4.79 Å². The fourth-order valence-corrected chi connectivity index (χ4v) is 2.73. The summed E-state index contributed by atoms with van der Waals surface area (Å²) in [5, 5.41) is 7.15. The van der Waals surface area contributed by atoms with E-state index in [2.05, 4.69) is 20.4 Å². The Kier molecular flexibility index (Phi) is 3.56. The molecule has 0 spiro atoms. The molecule has 1 aliphatic heterocycles. The van der Waals surface area contributed by atoms with E-state index >= 15 is 0 Å². The van der Waals surface area contributed by atoms with E-state index < -0.39 is 6.17 Å². The van der Waals surface area contributed by atoms with Crippen LogP contribution in [-0.2, 0) is 0 Å². The Balaban J connectivity index is 1.64. The summed E-state index contributed by atoms with van der Waals surface area (Å²) in [7, 11) is 0. The number of hydrogen-bond donors (Lipinski definition) is 1. The highest BCUT2D eigenvalue weighted by atomic mass is 19.1. The number of rotatable bonds is 3. The van der Waals surface area contributed by atoms with E-state index in [9.17, 15) is 9.18 Å². The van der Waals surface area contributed by atoms with Gasteiger partial charge in [0.2, 0.25) is 0 Å². The van der Waals surface area contributed by atoms with Crippen molar-refractivity contribution in [3.63, 3.8) is 0 Å². The van der Waals surface area contributed by atoms with Crippen LogP contribution in [0.3, 0.4) is 0 Å². The van der Waals surface area contributed by atoms with E-state index in [1.54, 1.807) is 36.5 Å². The number of carbonyl (C=O) groups is 1. The second kappa shape index (κ2) is 5.88. The van der Waals surface area contributed by atoms with E-state index in [1.807, 2.05) is 4.90 Å². The molecular weight excluding hydrogens is 311 g/mol. The molecule has 4 heterocycles. The molecule has 1 fully saturated rings. The van der Waals surface area contributed by atoms with Crippen molar-refractivity contribution in [1.29, 1.82) is 0 Å². The molecule has 1 aliphatic rings. The number of imidazole rings is 1. The summed E-state index contributed by atoms with van der Waals surface area (Å²) < 4.78 is 14.9. The molecule has 7 nitrogen and oxygen atoms in total. The number of nitrogens with zero attached hydrogens (tertiary/aromatic N) is 5. The highest BCUT2D eigenvalue weighted by molar-refractivity contribution is 6.02. The minimum atomic E-state index is -0.836. The van der Waals surface area contributed by atoms with Crippen LogP contribution in [0.5, 0.6) is 0 Å². The lowest BCUT2D eigenvalue weighted by molar-refractivity contribution is 0.102. The zero-order chi connectivity index (χ0) is 16.5. The summed E-state index contributed by atoms with van der Waals surface area (Å²) in [6, 6.07) is 8.82. The molecule has 0 saturated carbocycles. The zero-order valence-corrected chi connectivity index (χ0v) is 12.8. The smallest absolute Gasteiger partial charge is 0.277 e. The molecule has 4 rings (SSSR count). The molecule has 1 amide bonds. The molecule has 1 N–H and O–H groups in total. The summed E-state index contributed by atoms with van der Waals surface area (Å²) >= 11 is 0. The van der Waals surface area contributed by atoms with E-state index in [-0.39, 0.29) is 5.91 Å². The van der Waals surface area contributed by atoms with Gasteiger partial charge >= 0.3 is 0 Å². The number of hydrogen-bond acceptors (Lipinski definition) is 5. The van der Waals surface area contributed by atoms with Crippen molar-refractivity contribution >= 4 is 23.2 Å². The Morgan fingerprint density at radius 2 is 2.17 bits per heavy atom. The summed E-state index contributed by atoms with van der Waals surface area (Å²) in [6.45, 7) is 0.937. The monoisotopic (exact) mass is 326 g/mol.